The third-order valence-electron chi connectivity index (χ3n) is 3.84. The molecular formula is C16H15Cl2N. The molecular weight excluding hydrogens is 277 g/mol. The van der Waals surface area contributed by atoms with Crippen molar-refractivity contribution in [2.24, 2.45) is 0 Å². The van der Waals surface area contributed by atoms with Crippen LogP contribution in [0, 0.1) is 0 Å². The first-order valence-corrected chi connectivity index (χ1v) is 7.15. The first kappa shape index (κ1) is 13.0. The van der Waals surface area contributed by atoms with Gasteiger partial charge in [-0.25, -0.2) is 0 Å². The Labute approximate surface area is 123 Å². The molecule has 2 aromatic carbocycles. The molecule has 0 unspecified atom stereocenters. The van der Waals surface area contributed by atoms with Crippen LogP contribution in [-0.2, 0) is 11.8 Å². The van der Waals surface area contributed by atoms with E-state index in [4.69, 9.17) is 23.2 Å². The first-order chi connectivity index (χ1) is 9.18. The molecule has 3 heteroatoms. The van der Waals surface area contributed by atoms with Gasteiger partial charge in [-0.05, 0) is 41.8 Å². The molecule has 1 heterocycles. The molecule has 1 saturated heterocycles. The van der Waals surface area contributed by atoms with Gasteiger partial charge in [-0.15, -0.1) is 0 Å². The van der Waals surface area contributed by atoms with Gasteiger partial charge in [0.05, 0.1) is 0 Å². The van der Waals surface area contributed by atoms with Gasteiger partial charge in [0.1, 0.15) is 0 Å². The van der Waals surface area contributed by atoms with Crippen LogP contribution in [0.5, 0.6) is 0 Å². The summed E-state index contributed by atoms with van der Waals surface area (Å²) in [5.41, 5.74) is 2.87. The van der Waals surface area contributed by atoms with Crippen molar-refractivity contribution in [3.63, 3.8) is 0 Å². The van der Waals surface area contributed by atoms with Crippen LogP contribution in [0.4, 0.5) is 0 Å². The van der Waals surface area contributed by atoms with Gasteiger partial charge in [-0.2, -0.15) is 0 Å². The highest BCUT2D eigenvalue weighted by Crippen LogP contribution is 2.33. The Morgan fingerprint density at radius 3 is 1.84 bits per heavy atom. The summed E-state index contributed by atoms with van der Waals surface area (Å²) < 4.78 is 0. The minimum atomic E-state index is 0.193. The number of hydrogen-bond acceptors (Lipinski definition) is 1. The van der Waals surface area contributed by atoms with E-state index >= 15 is 0 Å². The lowest BCUT2D eigenvalue weighted by molar-refractivity contribution is 0.275. The van der Waals surface area contributed by atoms with Crippen LogP contribution in [0.1, 0.15) is 11.1 Å². The average molecular weight is 292 g/mol. The maximum Gasteiger partial charge on any atom is 0.0406 e. The summed E-state index contributed by atoms with van der Waals surface area (Å²) >= 11 is 11.9. The van der Waals surface area contributed by atoms with Crippen LogP contribution in [0.3, 0.4) is 0 Å². The summed E-state index contributed by atoms with van der Waals surface area (Å²) in [6, 6.07) is 16.4. The number of halogens is 2. The molecule has 1 aliphatic heterocycles. The highest BCUT2D eigenvalue weighted by molar-refractivity contribution is 6.30. The van der Waals surface area contributed by atoms with Gasteiger partial charge < -0.3 is 5.32 Å². The molecule has 3 rings (SSSR count). The van der Waals surface area contributed by atoms with Crippen molar-refractivity contribution >= 4 is 23.2 Å². The average Bonchev–Trinajstić information content (AvgIpc) is 2.37. The van der Waals surface area contributed by atoms with Gasteiger partial charge in [0, 0.05) is 28.5 Å². The van der Waals surface area contributed by atoms with E-state index < -0.39 is 0 Å². The van der Waals surface area contributed by atoms with Crippen molar-refractivity contribution in [2.45, 2.75) is 11.8 Å². The Bertz CT molecular complexity index is 556. The summed E-state index contributed by atoms with van der Waals surface area (Å²) in [6.45, 7) is 2.02. The molecule has 19 heavy (non-hydrogen) atoms. The summed E-state index contributed by atoms with van der Waals surface area (Å²) in [7, 11) is 0. The van der Waals surface area contributed by atoms with Crippen molar-refractivity contribution in [1.82, 2.24) is 5.32 Å². The Morgan fingerprint density at radius 1 is 0.842 bits per heavy atom. The van der Waals surface area contributed by atoms with E-state index in [1.165, 1.54) is 11.1 Å². The monoisotopic (exact) mass is 291 g/mol. The van der Waals surface area contributed by atoms with Crippen LogP contribution in [0.15, 0.2) is 48.5 Å². The third-order valence-corrected chi connectivity index (χ3v) is 4.34. The fourth-order valence-electron chi connectivity index (χ4n) is 2.65. The van der Waals surface area contributed by atoms with E-state index in [1.807, 2.05) is 24.3 Å². The van der Waals surface area contributed by atoms with Crippen molar-refractivity contribution in [3.05, 3.63) is 69.7 Å². The van der Waals surface area contributed by atoms with E-state index in [-0.39, 0.29) is 5.41 Å². The molecule has 0 amide bonds. The van der Waals surface area contributed by atoms with Gasteiger partial charge in [0.15, 0.2) is 0 Å². The van der Waals surface area contributed by atoms with E-state index in [0.29, 0.717) is 0 Å². The predicted molar refractivity (Wildman–Crippen MR) is 81.2 cm³/mol. The van der Waals surface area contributed by atoms with Crippen LogP contribution >= 0.6 is 23.2 Å². The fraction of sp³-hybridized carbons (Fsp3) is 0.250. The number of benzene rings is 2. The summed E-state index contributed by atoms with van der Waals surface area (Å²) in [5, 5.41) is 4.97. The lowest BCUT2D eigenvalue weighted by Gasteiger charge is -2.43. The Kier molecular flexibility index (Phi) is 3.53. The quantitative estimate of drug-likeness (QED) is 0.899. The highest BCUT2D eigenvalue weighted by Gasteiger charge is 2.38. The summed E-state index contributed by atoms with van der Waals surface area (Å²) in [4.78, 5) is 0. The van der Waals surface area contributed by atoms with Crippen LogP contribution in [0.25, 0.3) is 0 Å². The molecule has 0 spiro atoms. The molecule has 2 aromatic rings. The maximum absolute atomic E-state index is 5.97. The third kappa shape index (κ3) is 2.64. The minimum Gasteiger partial charge on any atom is -0.315 e. The lowest BCUT2D eigenvalue weighted by Crippen LogP contribution is -2.58. The van der Waals surface area contributed by atoms with E-state index in [1.54, 1.807) is 0 Å². The molecule has 1 aliphatic rings. The molecule has 0 saturated carbocycles. The number of nitrogens with one attached hydrogen (secondary N) is 1. The lowest BCUT2D eigenvalue weighted by atomic mass is 9.71. The Morgan fingerprint density at radius 2 is 1.37 bits per heavy atom. The zero-order valence-electron chi connectivity index (χ0n) is 10.5. The van der Waals surface area contributed by atoms with Crippen molar-refractivity contribution in [3.8, 4) is 0 Å². The maximum atomic E-state index is 5.97. The normalized spacial score (nSPS) is 16.9. The standard InChI is InChI=1S/C16H15Cl2N/c17-14-5-1-12(2-6-14)9-16(10-19-11-16)13-3-7-15(18)8-4-13/h1-8,19H,9-11H2. The summed E-state index contributed by atoms with van der Waals surface area (Å²) in [6.07, 6.45) is 1.03. The zero-order chi connectivity index (χ0) is 13.3. The fourth-order valence-corrected chi connectivity index (χ4v) is 2.91. The molecule has 0 bridgehead atoms. The second-order valence-corrected chi connectivity index (χ2v) is 6.07. The molecule has 1 N–H and O–H groups in total. The molecule has 1 fully saturated rings. The molecule has 0 aliphatic carbocycles. The van der Waals surface area contributed by atoms with Gasteiger partial charge in [0.25, 0.3) is 0 Å². The second kappa shape index (κ2) is 5.16. The second-order valence-electron chi connectivity index (χ2n) is 5.19. The zero-order valence-corrected chi connectivity index (χ0v) is 12.0. The molecule has 0 atom stereocenters. The topological polar surface area (TPSA) is 12.0 Å². The van der Waals surface area contributed by atoms with Gasteiger partial charge in [-0.3, -0.25) is 0 Å². The van der Waals surface area contributed by atoms with Crippen molar-refractivity contribution in [1.29, 1.82) is 0 Å². The van der Waals surface area contributed by atoms with E-state index in [2.05, 4.69) is 29.6 Å². The van der Waals surface area contributed by atoms with Gasteiger partial charge in [0.2, 0.25) is 0 Å². The summed E-state index contributed by atoms with van der Waals surface area (Å²) in [5.74, 6) is 0. The number of hydrogen-bond donors (Lipinski definition) is 1. The van der Waals surface area contributed by atoms with Crippen molar-refractivity contribution in [2.75, 3.05) is 13.1 Å². The van der Waals surface area contributed by atoms with Gasteiger partial charge in [-0.1, -0.05) is 47.5 Å². The number of rotatable bonds is 3. The largest absolute Gasteiger partial charge is 0.315 e. The van der Waals surface area contributed by atoms with E-state index in [9.17, 15) is 0 Å². The smallest absolute Gasteiger partial charge is 0.0406 e. The Hall–Kier alpha value is -1.02. The first-order valence-electron chi connectivity index (χ1n) is 6.39. The Balaban J connectivity index is 1.87. The van der Waals surface area contributed by atoms with Crippen molar-refractivity contribution < 1.29 is 0 Å². The molecule has 0 aromatic heterocycles. The highest BCUT2D eigenvalue weighted by atomic mass is 35.5. The molecule has 0 radical (unpaired) electrons. The molecule has 98 valence electrons. The van der Waals surface area contributed by atoms with Crippen LogP contribution in [-0.4, -0.2) is 13.1 Å². The minimum absolute atomic E-state index is 0.193. The van der Waals surface area contributed by atoms with Crippen LogP contribution in [0.2, 0.25) is 10.0 Å². The van der Waals surface area contributed by atoms with Crippen LogP contribution < -0.4 is 5.32 Å². The SMILES string of the molecule is Clc1ccc(CC2(c3ccc(Cl)cc3)CNC2)cc1. The van der Waals surface area contributed by atoms with Gasteiger partial charge >= 0.3 is 0 Å². The van der Waals surface area contributed by atoms with E-state index in [0.717, 1.165) is 29.6 Å². The predicted octanol–water partition coefficient (Wildman–Crippen LogP) is 4.08. The molecule has 1 nitrogen and oxygen atoms in total.